The lowest BCUT2D eigenvalue weighted by Crippen LogP contribution is -2.26. The number of aliphatic hydroxyl groups excluding tert-OH is 1. The first-order chi connectivity index (χ1) is 9.10. The molecular weight excluding hydrogens is 248 g/mol. The van der Waals surface area contributed by atoms with E-state index in [0.29, 0.717) is 24.3 Å². The van der Waals surface area contributed by atoms with Crippen molar-refractivity contribution in [3.8, 4) is 11.5 Å². The van der Waals surface area contributed by atoms with Gasteiger partial charge in [0.25, 0.3) is 0 Å². The third-order valence-corrected chi connectivity index (χ3v) is 3.35. The van der Waals surface area contributed by atoms with E-state index in [4.69, 9.17) is 14.6 Å². The van der Waals surface area contributed by atoms with E-state index in [9.17, 15) is 9.90 Å². The van der Waals surface area contributed by atoms with Crippen LogP contribution in [0, 0.1) is 0 Å². The Balaban J connectivity index is 2.13. The van der Waals surface area contributed by atoms with Gasteiger partial charge in [0.15, 0.2) is 11.5 Å². The molecule has 5 nitrogen and oxygen atoms in total. The van der Waals surface area contributed by atoms with Crippen molar-refractivity contribution in [1.82, 2.24) is 0 Å². The molecule has 0 spiro atoms. The van der Waals surface area contributed by atoms with Crippen LogP contribution in [0.15, 0.2) is 18.2 Å². The summed E-state index contributed by atoms with van der Waals surface area (Å²) in [6.45, 7) is 0. The third kappa shape index (κ3) is 3.38. The molecule has 1 fully saturated rings. The number of benzene rings is 1. The highest BCUT2D eigenvalue weighted by molar-refractivity contribution is 5.88. The van der Waals surface area contributed by atoms with Crippen molar-refractivity contribution in [3.05, 3.63) is 23.8 Å². The smallest absolute Gasteiger partial charge is 0.335 e. The minimum Gasteiger partial charge on any atom is -0.493 e. The van der Waals surface area contributed by atoms with Gasteiger partial charge in [-0.05, 0) is 43.9 Å². The average molecular weight is 266 g/mol. The molecule has 0 atom stereocenters. The summed E-state index contributed by atoms with van der Waals surface area (Å²) in [6.07, 6.45) is 2.72. The van der Waals surface area contributed by atoms with E-state index in [2.05, 4.69) is 0 Å². The molecule has 1 aromatic carbocycles. The number of methoxy groups -OCH3 is 1. The summed E-state index contributed by atoms with van der Waals surface area (Å²) in [5.41, 5.74) is 0.173. The maximum absolute atomic E-state index is 11.0. The number of hydrogen-bond acceptors (Lipinski definition) is 4. The lowest BCUT2D eigenvalue weighted by molar-refractivity contribution is 0.0646. The first-order valence-electron chi connectivity index (χ1n) is 6.36. The van der Waals surface area contributed by atoms with Gasteiger partial charge in [0.2, 0.25) is 0 Å². The zero-order valence-corrected chi connectivity index (χ0v) is 10.8. The molecule has 0 heterocycles. The van der Waals surface area contributed by atoms with Crippen molar-refractivity contribution >= 4 is 5.97 Å². The van der Waals surface area contributed by atoms with Crippen LogP contribution in [0.3, 0.4) is 0 Å². The standard InChI is InChI=1S/C14H18O5/c1-18-12-7-2-9(14(16)17)8-13(12)19-11-5-3-10(15)4-6-11/h2,7-8,10-11,15H,3-6H2,1H3,(H,16,17). The van der Waals surface area contributed by atoms with E-state index in [0.717, 1.165) is 12.8 Å². The highest BCUT2D eigenvalue weighted by Gasteiger charge is 2.22. The Morgan fingerprint density at radius 1 is 1.21 bits per heavy atom. The van der Waals surface area contributed by atoms with Crippen LogP contribution in [0.5, 0.6) is 11.5 Å². The average Bonchev–Trinajstić information content (AvgIpc) is 2.41. The summed E-state index contributed by atoms with van der Waals surface area (Å²) in [5.74, 6) is -0.0218. The maximum atomic E-state index is 11.0. The summed E-state index contributed by atoms with van der Waals surface area (Å²) in [6, 6.07) is 4.56. The molecule has 19 heavy (non-hydrogen) atoms. The van der Waals surface area contributed by atoms with Gasteiger partial charge in [-0.2, -0.15) is 0 Å². The van der Waals surface area contributed by atoms with Crippen molar-refractivity contribution < 1.29 is 24.5 Å². The molecule has 0 aromatic heterocycles. The molecule has 0 aliphatic heterocycles. The number of carboxylic acids is 1. The first kappa shape index (κ1) is 13.7. The Kier molecular flexibility index (Phi) is 4.27. The minimum absolute atomic E-state index is 0.00125. The molecule has 0 bridgehead atoms. The van der Waals surface area contributed by atoms with Gasteiger partial charge in [0, 0.05) is 0 Å². The molecule has 0 amide bonds. The van der Waals surface area contributed by atoms with Gasteiger partial charge < -0.3 is 19.7 Å². The summed E-state index contributed by atoms with van der Waals surface area (Å²) in [4.78, 5) is 11.0. The number of hydrogen-bond donors (Lipinski definition) is 2. The summed E-state index contributed by atoms with van der Waals surface area (Å²) in [7, 11) is 1.52. The van der Waals surface area contributed by atoms with Crippen LogP contribution in [-0.4, -0.2) is 35.5 Å². The van der Waals surface area contributed by atoms with Gasteiger partial charge in [0.05, 0.1) is 24.9 Å². The second kappa shape index (κ2) is 5.93. The van der Waals surface area contributed by atoms with Gasteiger partial charge in [-0.15, -0.1) is 0 Å². The lowest BCUT2D eigenvalue weighted by atomic mass is 9.95. The lowest BCUT2D eigenvalue weighted by Gasteiger charge is -2.26. The highest BCUT2D eigenvalue weighted by atomic mass is 16.5. The van der Waals surface area contributed by atoms with E-state index in [1.54, 1.807) is 6.07 Å². The Bertz CT molecular complexity index is 449. The van der Waals surface area contributed by atoms with Crippen molar-refractivity contribution in [1.29, 1.82) is 0 Å². The number of ether oxygens (including phenoxy) is 2. The molecular formula is C14H18O5. The van der Waals surface area contributed by atoms with Crippen molar-refractivity contribution in [2.75, 3.05) is 7.11 Å². The number of aromatic carboxylic acids is 1. The quantitative estimate of drug-likeness (QED) is 0.872. The van der Waals surface area contributed by atoms with Crippen LogP contribution < -0.4 is 9.47 Å². The van der Waals surface area contributed by atoms with E-state index in [-0.39, 0.29) is 17.8 Å². The predicted molar refractivity (Wildman–Crippen MR) is 68.8 cm³/mol. The van der Waals surface area contributed by atoms with Crippen LogP contribution in [0.4, 0.5) is 0 Å². The molecule has 2 N–H and O–H groups in total. The van der Waals surface area contributed by atoms with E-state index in [1.165, 1.54) is 19.2 Å². The van der Waals surface area contributed by atoms with Crippen LogP contribution in [-0.2, 0) is 0 Å². The second-order valence-corrected chi connectivity index (χ2v) is 4.72. The van der Waals surface area contributed by atoms with Gasteiger partial charge >= 0.3 is 5.97 Å². The molecule has 104 valence electrons. The zero-order valence-electron chi connectivity index (χ0n) is 10.8. The largest absolute Gasteiger partial charge is 0.493 e. The van der Waals surface area contributed by atoms with E-state index >= 15 is 0 Å². The fraction of sp³-hybridized carbons (Fsp3) is 0.500. The van der Waals surface area contributed by atoms with Crippen LogP contribution in [0.2, 0.25) is 0 Å². The fourth-order valence-electron chi connectivity index (χ4n) is 2.24. The van der Waals surface area contributed by atoms with Gasteiger partial charge in [-0.1, -0.05) is 0 Å². The van der Waals surface area contributed by atoms with Gasteiger partial charge in [0.1, 0.15) is 0 Å². The van der Waals surface area contributed by atoms with Crippen molar-refractivity contribution in [2.45, 2.75) is 37.9 Å². The molecule has 1 aliphatic rings. The molecule has 1 aliphatic carbocycles. The first-order valence-corrected chi connectivity index (χ1v) is 6.36. The third-order valence-electron chi connectivity index (χ3n) is 3.35. The SMILES string of the molecule is COc1ccc(C(=O)O)cc1OC1CCC(O)CC1. The monoisotopic (exact) mass is 266 g/mol. The summed E-state index contributed by atoms with van der Waals surface area (Å²) in [5, 5.41) is 18.4. The molecule has 0 saturated heterocycles. The Morgan fingerprint density at radius 3 is 2.47 bits per heavy atom. The molecule has 1 saturated carbocycles. The van der Waals surface area contributed by atoms with E-state index < -0.39 is 5.97 Å². The number of carbonyl (C=O) groups is 1. The fourth-order valence-corrected chi connectivity index (χ4v) is 2.24. The van der Waals surface area contributed by atoms with Gasteiger partial charge in [-0.25, -0.2) is 4.79 Å². The molecule has 0 radical (unpaired) electrons. The number of carboxylic acid groups (broad SMARTS) is 1. The normalized spacial score (nSPS) is 22.8. The van der Waals surface area contributed by atoms with E-state index in [1.807, 2.05) is 0 Å². The highest BCUT2D eigenvalue weighted by Crippen LogP contribution is 2.32. The topological polar surface area (TPSA) is 76.0 Å². The second-order valence-electron chi connectivity index (χ2n) is 4.72. The Labute approximate surface area is 111 Å². The van der Waals surface area contributed by atoms with Crippen molar-refractivity contribution in [2.24, 2.45) is 0 Å². The molecule has 2 rings (SSSR count). The van der Waals surface area contributed by atoms with Crippen LogP contribution in [0.25, 0.3) is 0 Å². The minimum atomic E-state index is -0.994. The number of rotatable bonds is 4. The summed E-state index contributed by atoms with van der Waals surface area (Å²) >= 11 is 0. The van der Waals surface area contributed by atoms with Crippen molar-refractivity contribution in [3.63, 3.8) is 0 Å². The molecule has 5 heteroatoms. The summed E-state index contributed by atoms with van der Waals surface area (Å²) < 4.78 is 11.0. The van der Waals surface area contributed by atoms with Crippen LogP contribution >= 0.6 is 0 Å². The maximum Gasteiger partial charge on any atom is 0.335 e. The predicted octanol–water partition coefficient (Wildman–Crippen LogP) is 2.08. The Hall–Kier alpha value is -1.75. The van der Waals surface area contributed by atoms with Gasteiger partial charge in [-0.3, -0.25) is 0 Å². The molecule has 1 aromatic rings. The Morgan fingerprint density at radius 2 is 1.89 bits per heavy atom. The van der Waals surface area contributed by atoms with Crippen LogP contribution in [0.1, 0.15) is 36.0 Å². The number of aliphatic hydroxyl groups is 1. The zero-order chi connectivity index (χ0) is 13.8. The molecule has 0 unspecified atom stereocenters.